The van der Waals surface area contributed by atoms with Gasteiger partial charge in [-0.1, -0.05) is 48.0 Å². The Morgan fingerprint density at radius 1 is 1.06 bits per heavy atom. The van der Waals surface area contributed by atoms with Crippen LogP contribution >= 0.6 is 0 Å². The molecule has 1 aromatic carbocycles. The van der Waals surface area contributed by atoms with Gasteiger partial charge in [0, 0.05) is 47.2 Å². The molecule has 0 saturated heterocycles. The lowest BCUT2D eigenvalue weighted by atomic mass is 9.77. The molecule has 0 radical (unpaired) electrons. The van der Waals surface area contributed by atoms with Crippen molar-refractivity contribution in [3.8, 4) is 0 Å². The zero-order chi connectivity index (χ0) is 24.9. The number of carbonyl (C=O) groups excluding carboxylic acids is 1. The Kier molecular flexibility index (Phi) is 9.65. The molecule has 32 heavy (non-hydrogen) atoms. The van der Waals surface area contributed by atoms with Gasteiger partial charge in [0.05, 0.1) is 5.69 Å². The van der Waals surface area contributed by atoms with Gasteiger partial charge in [-0.3, -0.25) is 4.79 Å². The van der Waals surface area contributed by atoms with E-state index in [1.165, 1.54) is 20.2 Å². The maximum atomic E-state index is 12.8. The van der Waals surface area contributed by atoms with E-state index in [0.29, 0.717) is 24.3 Å². The van der Waals surface area contributed by atoms with Gasteiger partial charge in [0.1, 0.15) is 4.90 Å². The number of fused-ring (bicyclic) bond motifs is 1. The van der Waals surface area contributed by atoms with Crippen LogP contribution in [0.2, 0.25) is 0 Å². The van der Waals surface area contributed by atoms with E-state index in [4.69, 9.17) is 4.63 Å². The van der Waals surface area contributed by atoms with Crippen LogP contribution in [0.3, 0.4) is 0 Å². The molecule has 0 N–H and O–H groups in total. The lowest BCUT2D eigenvalue weighted by Gasteiger charge is -2.33. The van der Waals surface area contributed by atoms with Crippen molar-refractivity contribution >= 4 is 32.7 Å². The summed E-state index contributed by atoms with van der Waals surface area (Å²) >= 11 is 0. The molecule has 1 aromatic heterocycles. The van der Waals surface area contributed by atoms with Gasteiger partial charge in [-0.25, -0.2) is 17.4 Å². The predicted molar refractivity (Wildman–Crippen MR) is 128 cm³/mol. The lowest BCUT2D eigenvalue weighted by molar-refractivity contribution is -0.137. The first-order valence-corrected chi connectivity index (χ1v) is 12.4. The fourth-order valence-corrected chi connectivity index (χ4v) is 4.06. The number of sulfonamides is 1. The first-order chi connectivity index (χ1) is 14.8. The van der Waals surface area contributed by atoms with Crippen molar-refractivity contribution in [1.82, 2.24) is 19.5 Å². The van der Waals surface area contributed by atoms with Crippen LogP contribution in [0.1, 0.15) is 48.0 Å². The van der Waals surface area contributed by atoms with Crippen LogP contribution in [0.4, 0.5) is 5.69 Å². The Morgan fingerprint density at radius 3 is 2.16 bits per heavy atom. The quantitative estimate of drug-likeness (QED) is 0.554. The van der Waals surface area contributed by atoms with E-state index in [-0.39, 0.29) is 27.7 Å². The van der Waals surface area contributed by atoms with Gasteiger partial charge in [-0.2, -0.15) is 0 Å². The summed E-state index contributed by atoms with van der Waals surface area (Å²) in [6.45, 7) is 13.3. The zero-order valence-corrected chi connectivity index (χ0v) is 21.9. The third-order valence-electron chi connectivity index (χ3n) is 6.13. The van der Waals surface area contributed by atoms with Crippen molar-refractivity contribution in [2.75, 3.05) is 46.2 Å². The minimum atomic E-state index is -3.68. The Bertz CT molecular complexity index is 1000. The molecule has 0 bridgehead atoms. The van der Waals surface area contributed by atoms with Gasteiger partial charge in [0.15, 0.2) is 11.0 Å². The fourth-order valence-electron chi connectivity index (χ4n) is 3.05. The summed E-state index contributed by atoms with van der Waals surface area (Å²) in [5.74, 6) is 0.0238. The van der Waals surface area contributed by atoms with Gasteiger partial charge in [-0.15, -0.1) is 0 Å². The molecule has 9 nitrogen and oxygen atoms in total. The number of carbonyl (C=O) groups is 1. The monoisotopic (exact) mass is 469 g/mol. The maximum absolute atomic E-state index is 12.8. The average molecular weight is 470 g/mol. The highest BCUT2D eigenvalue weighted by atomic mass is 32.2. The molecule has 0 saturated carbocycles. The molecule has 2 aromatic rings. The lowest BCUT2D eigenvalue weighted by Crippen LogP contribution is -2.41. The van der Waals surface area contributed by atoms with Gasteiger partial charge >= 0.3 is 0 Å². The van der Waals surface area contributed by atoms with E-state index in [0.717, 1.165) is 10.7 Å². The highest BCUT2D eigenvalue weighted by Crippen LogP contribution is 2.32. The van der Waals surface area contributed by atoms with Crippen LogP contribution < -0.4 is 4.90 Å². The van der Waals surface area contributed by atoms with Crippen molar-refractivity contribution in [3.05, 3.63) is 12.1 Å². The van der Waals surface area contributed by atoms with Crippen molar-refractivity contribution in [3.63, 3.8) is 0 Å². The highest BCUT2D eigenvalue weighted by molar-refractivity contribution is 7.89. The predicted octanol–water partition coefficient (Wildman–Crippen LogP) is 3.47. The van der Waals surface area contributed by atoms with E-state index in [1.807, 2.05) is 32.7 Å². The Balaban J connectivity index is 0.00000249. The van der Waals surface area contributed by atoms with E-state index in [1.54, 1.807) is 18.0 Å². The van der Waals surface area contributed by atoms with Gasteiger partial charge in [0.25, 0.3) is 0 Å². The summed E-state index contributed by atoms with van der Waals surface area (Å²) in [6.07, 6.45) is 0.924. The van der Waals surface area contributed by atoms with E-state index in [2.05, 4.69) is 31.1 Å². The Hall–Kier alpha value is -2.20. The molecule has 0 spiro atoms. The molecule has 0 aliphatic carbocycles. The number of nitrogens with zero attached hydrogens (tertiary/aromatic N) is 5. The average Bonchev–Trinajstić information content (AvgIpc) is 3.26. The minimum absolute atomic E-state index is 0.0452. The second-order valence-corrected chi connectivity index (χ2v) is 10.7. The number of amides is 1. The van der Waals surface area contributed by atoms with E-state index in [9.17, 15) is 13.2 Å². The molecule has 0 fully saturated rings. The van der Waals surface area contributed by atoms with E-state index >= 15 is 0 Å². The Morgan fingerprint density at radius 2 is 1.62 bits per heavy atom. The van der Waals surface area contributed by atoms with Crippen LogP contribution in [-0.4, -0.2) is 75.1 Å². The molecule has 0 aliphatic rings. The number of hydrogen-bond donors (Lipinski definition) is 0. The highest BCUT2D eigenvalue weighted by Gasteiger charge is 2.31. The van der Waals surface area contributed by atoms with Crippen LogP contribution in [0.15, 0.2) is 21.7 Å². The summed E-state index contributed by atoms with van der Waals surface area (Å²) in [6, 6.07) is 3.20. The number of hydrogen-bond acceptors (Lipinski definition) is 7. The Labute approximate surface area is 192 Å². The largest absolute Gasteiger partial charge is 0.371 e. The first-order valence-electron chi connectivity index (χ1n) is 11.0. The first kappa shape index (κ1) is 27.8. The van der Waals surface area contributed by atoms with Gasteiger partial charge in [-0.05, 0) is 27.9 Å². The van der Waals surface area contributed by atoms with E-state index < -0.39 is 10.0 Å². The SMILES string of the molecule is CC.CCC(C)(C)C(C)C(=O)N(C)CCN(C)c1ccc(S(=O)(=O)N(C)C)c2nonc12. The van der Waals surface area contributed by atoms with Gasteiger partial charge < -0.3 is 9.80 Å². The molecule has 182 valence electrons. The standard InChI is InChI=1S/C20H33N5O4S.C2H6/c1-9-20(3,4)14(2)19(26)25(8)13-12-24(7)15-10-11-16(30(27,28)23(5)6)18-17(15)21-29-22-18;1-2/h10-11,14H,9,12-13H2,1-8H3;1-2H3. The molecule has 10 heteroatoms. The summed E-state index contributed by atoms with van der Waals surface area (Å²) in [5.41, 5.74) is 1.18. The smallest absolute Gasteiger partial charge is 0.244 e. The summed E-state index contributed by atoms with van der Waals surface area (Å²) in [4.78, 5) is 16.5. The molecule has 1 amide bonds. The summed E-state index contributed by atoms with van der Waals surface area (Å²) < 4.78 is 31.1. The maximum Gasteiger partial charge on any atom is 0.244 e. The van der Waals surface area contributed by atoms with Crippen molar-refractivity contribution in [2.24, 2.45) is 11.3 Å². The van der Waals surface area contributed by atoms with Crippen LogP contribution in [-0.2, 0) is 14.8 Å². The number of likely N-dealkylation sites (N-methyl/N-ethyl adjacent to an activating group) is 2. The van der Waals surface area contributed by atoms with Crippen molar-refractivity contribution in [1.29, 1.82) is 0 Å². The molecule has 1 unspecified atom stereocenters. The molecule has 1 atom stereocenters. The number of rotatable bonds is 9. The summed E-state index contributed by atoms with van der Waals surface area (Å²) in [5, 5.41) is 7.73. The fraction of sp³-hybridized carbons (Fsp3) is 0.682. The molecule has 1 heterocycles. The minimum Gasteiger partial charge on any atom is -0.371 e. The third-order valence-corrected chi connectivity index (χ3v) is 7.97. The zero-order valence-electron chi connectivity index (χ0n) is 21.1. The number of aromatic nitrogens is 2. The third kappa shape index (κ3) is 5.78. The molecule has 0 aliphatic heterocycles. The second-order valence-electron chi connectivity index (χ2n) is 8.58. The summed E-state index contributed by atoms with van der Waals surface area (Å²) in [7, 11) is 2.91. The number of anilines is 1. The molecular weight excluding hydrogens is 430 g/mol. The topological polar surface area (TPSA) is 99.9 Å². The van der Waals surface area contributed by atoms with Crippen LogP contribution in [0, 0.1) is 11.3 Å². The van der Waals surface area contributed by atoms with Crippen molar-refractivity contribution in [2.45, 2.75) is 52.9 Å². The van der Waals surface area contributed by atoms with Crippen LogP contribution in [0.5, 0.6) is 0 Å². The van der Waals surface area contributed by atoms with Crippen LogP contribution in [0.25, 0.3) is 11.0 Å². The molecule has 2 rings (SSSR count). The number of benzene rings is 1. The van der Waals surface area contributed by atoms with Crippen molar-refractivity contribution < 1.29 is 17.8 Å². The second kappa shape index (κ2) is 11.1. The van der Waals surface area contributed by atoms with Gasteiger partial charge in [0.2, 0.25) is 15.9 Å². The normalized spacial score (nSPS) is 13.0. The molecular formula is C22H39N5O4S.